The van der Waals surface area contributed by atoms with Crippen molar-refractivity contribution in [3.05, 3.63) is 39.6 Å². The highest BCUT2D eigenvalue weighted by Crippen LogP contribution is 2.53. The maximum Gasteiger partial charge on any atom is 0.269 e. The second kappa shape index (κ2) is 5.17. The summed E-state index contributed by atoms with van der Waals surface area (Å²) in [7, 11) is 0. The van der Waals surface area contributed by atoms with E-state index in [-0.39, 0.29) is 5.41 Å². The van der Waals surface area contributed by atoms with Crippen LogP contribution in [0.15, 0.2) is 22.7 Å². The summed E-state index contributed by atoms with van der Waals surface area (Å²) in [4.78, 5) is 16.9. The Morgan fingerprint density at radius 2 is 2.20 bits per heavy atom. The Kier molecular flexibility index (Phi) is 3.23. The van der Waals surface area contributed by atoms with E-state index in [2.05, 4.69) is 45.6 Å². The summed E-state index contributed by atoms with van der Waals surface area (Å²) in [6, 6.07) is 6.81. The van der Waals surface area contributed by atoms with E-state index in [1.165, 1.54) is 5.56 Å². The molecule has 2 bridgehead atoms. The van der Waals surface area contributed by atoms with Gasteiger partial charge in [-0.25, -0.2) is 4.98 Å². The van der Waals surface area contributed by atoms with Gasteiger partial charge in [0, 0.05) is 21.5 Å². The lowest BCUT2D eigenvalue weighted by Crippen LogP contribution is -2.42. The average Bonchev–Trinajstić information content (AvgIpc) is 2.72. The van der Waals surface area contributed by atoms with Crippen molar-refractivity contribution < 1.29 is 9.53 Å². The number of primary amides is 1. The molecule has 5 nitrogen and oxygen atoms in total. The van der Waals surface area contributed by atoms with Crippen molar-refractivity contribution in [1.29, 1.82) is 0 Å². The van der Waals surface area contributed by atoms with Crippen LogP contribution in [0.1, 0.15) is 53.5 Å². The van der Waals surface area contributed by atoms with Crippen LogP contribution in [0.4, 0.5) is 0 Å². The van der Waals surface area contributed by atoms with Crippen LogP contribution in [0, 0.1) is 5.41 Å². The molecule has 1 saturated heterocycles. The molecule has 6 heteroatoms. The number of nitrogens with two attached hydrogens (primary N) is 1. The maximum absolute atomic E-state index is 12.1. The Bertz CT molecular complexity index is 894. The normalized spacial score (nSPS) is 25.2. The van der Waals surface area contributed by atoms with Gasteiger partial charge in [-0.15, -0.1) is 0 Å². The van der Waals surface area contributed by atoms with Gasteiger partial charge in [-0.3, -0.25) is 4.79 Å². The predicted octanol–water partition coefficient (Wildman–Crippen LogP) is 3.42. The minimum Gasteiger partial charge on any atom is -0.380 e. The van der Waals surface area contributed by atoms with Crippen molar-refractivity contribution in [2.75, 3.05) is 13.2 Å². The zero-order valence-corrected chi connectivity index (χ0v) is 15.7. The highest BCUT2D eigenvalue weighted by Gasteiger charge is 2.43. The summed E-state index contributed by atoms with van der Waals surface area (Å²) in [6.45, 7) is 3.65. The van der Waals surface area contributed by atoms with E-state index < -0.39 is 5.91 Å². The molecule has 6 rings (SSSR count). The van der Waals surface area contributed by atoms with E-state index in [0.29, 0.717) is 17.7 Å². The summed E-state index contributed by atoms with van der Waals surface area (Å²) in [5, 5.41) is 0. The Morgan fingerprint density at radius 3 is 2.84 bits per heavy atom. The molecule has 4 aliphatic rings. The number of rotatable bonds is 3. The number of amides is 1. The molecule has 1 amide bonds. The van der Waals surface area contributed by atoms with Crippen molar-refractivity contribution >= 4 is 21.8 Å². The Hall–Kier alpha value is -1.66. The van der Waals surface area contributed by atoms with Crippen LogP contribution in [-0.4, -0.2) is 28.7 Å². The number of hydrogen-bond acceptors (Lipinski definition) is 3. The Morgan fingerprint density at radius 1 is 1.44 bits per heavy atom. The summed E-state index contributed by atoms with van der Waals surface area (Å²) in [5.74, 6) is 1.04. The van der Waals surface area contributed by atoms with Gasteiger partial charge in [0.15, 0.2) is 0 Å². The number of hydrogen-bond donors (Lipinski definition) is 1. The van der Waals surface area contributed by atoms with Gasteiger partial charge in [-0.2, -0.15) is 0 Å². The molecule has 0 unspecified atom stereocenters. The van der Waals surface area contributed by atoms with Gasteiger partial charge >= 0.3 is 0 Å². The van der Waals surface area contributed by atoms with Crippen LogP contribution >= 0.6 is 15.9 Å². The number of halogens is 1. The molecule has 0 spiro atoms. The van der Waals surface area contributed by atoms with Gasteiger partial charge in [-0.1, -0.05) is 28.9 Å². The van der Waals surface area contributed by atoms with Gasteiger partial charge < -0.3 is 15.0 Å². The third-order valence-electron chi connectivity index (χ3n) is 5.91. The predicted molar refractivity (Wildman–Crippen MR) is 97.5 cm³/mol. The fourth-order valence-corrected chi connectivity index (χ4v) is 4.86. The molecule has 4 heterocycles. The summed E-state index contributed by atoms with van der Waals surface area (Å²) >= 11 is 3.58. The lowest BCUT2D eigenvalue weighted by molar-refractivity contribution is -0.101. The largest absolute Gasteiger partial charge is 0.380 e. The molecule has 0 atom stereocenters. The van der Waals surface area contributed by atoms with Crippen LogP contribution in [0.2, 0.25) is 0 Å². The third kappa shape index (κ3) is 2.23. The molecule has 130 valence electrons. The Balaban J connectivity index is 1.73. The highest BCUT2D eigenvalue weighted by molar-refractivity contribution is 9.10. The van der Waals surface area contributed by atoms with Crippen LogP contribution in [0.25, 0.3) is 11.4 Å². The molecule has 2 N–H and O–H groups in total. The van der Waals surface area contributed by atoms with Crippen molar-refractivity contribution in [1.82, 2.24) is 9.55 Å². The molecule has 2 fully saturated rings. The van der Waals surface area contributed by atoms with Crippen LogP contribution in [0.5, 0.6) is 0 Å². The first-order valence-corrected chi connectivity index (χ1v) is 9.53. The zero-order valence-electron chi connectivity index (χ0n) is 14.1. The van der Waals surface area contributed by atoms with E-state index in [1.54, 1.807) is 0 Å². The van der Waals surface area contributed by atoms with Gasteiger partial charge in [0.2, 0.25) is 0 Å². The molecule has 1 aromatic carbocycles. The minimum atomic E-state index is -0.438. The van der Waals surface area contributed by atoms with Crippen molar-refractivity contribution in [2.24, 2.45) is 11.1 Å². The number of benzene rings is 1. The van der Waals surface area contributed by atoms with E-state index in [4.69, 9.17) is 15.5 Å². The molecule has 3 aliphatic heterocycles. The molecule has 0 radical (unpaired) electrons. The molecular formula is C19H20BrN3O2. The number of nitrogens with zero attached hydrogens (tertiary/aromatic N) is 2. The first kappa shape index (κ1) is 15.6. The molecule has 1 aromatic heterocycles. The van der Waals surface area contributed by atoms with Crippen molar-refractivity contribution in [3.8, 4) is 11.4 Å². The molecule has 1 aliphatic carbocycles. The quantitative estimate of drug-likeness (QED) is 0.856. The van der Waals surface area contributed by atoms with Gasteiger partial charge in [-0.05, 0) is 42.9 Å². The first-order chi connectivity index (χ1) is 12.0. The topological polar surface area (TPSA) is 70.1 Å². The fraction of sp³-hybridized carbons (Fsp3) is 0.474. The van der Waals surface area contributed by atoms with Gasteiger partial charge in [0.05, 0.1) is 18.9 Å². The number of ether oxygens (including phenoxy) is 1. The molecule has 2 aromatic rings. The van der Waals surface area contributed by atoms with E-state index in [1.807, 2.05) is 0 Å². The highest BCUT2D eigenvalue weighted by atomic mass is 79.9. The average molecular weight is 402 g/mol. The summed E-state index contributed by atoms with van der Waals surface area (Å²) in [6.07, 6.45) is 3.00. The molecular weight excluding hydrogens is 382 g/mol. The summed E-state index contributed by atoms with van der Waals surface area (Å²) in [5.41, 5.74) is 9.65. The van der Waals surface area contributed by atoms with Crippen molar-refractivity contribution in [2.45, 2.75) is 38.1 Å². The van der Waals surface area contributed by atoms with Crippen LogP contribution in [-0.2, 0) is 11.2 Å². The van der Waals surface area contributed by atoms with Crippen LogP contribution < -0.4 is 5.73 Å². The first-order valence-electron chi connectivity index (χ1n) is 8.74. The van der Waals surface area contributed by atoms with Gasteiger partial charge in [0.1, 0.15) is 11.5 Å². The lowest BCUT2D eigenvalue weighted by atomic mass is 9.75. The molecule has 1 saturated carbocycles. The second-order valence-electron chi connectivity index (χ2n) is 8.00. The minimum absolute atomic E-state index is 0.0660. The standard InChI is InChI=1S/C19H20BrN3O2/c1-19(8-25-9-19)7-15-16(17(21)24)22-18-14-6-11(20)2-3-13(14)10-4-12(5-10)23(15)18/h2-3,6,10,12H,4-5,7-9H2,1H3,(H2,21,24). The fourth-order valence-electron chi connectivity index (χ4n) is 4.50. The maximum atomic E-state index is 12.1. The summed E-state index contributed by atoms with van der Waals surface area (Å²) < 4.78 is 8.75. The van der Waals surface area contributed by atoms with Crippen LogP contribution in [0.3, 0.4) is 0 Å². The van der Waals surface area contributed by atoms with Crippen molar-refractivity contribution in [3.63, 3.8) is 0 Å². The van der Waals surface area contributed by atoms with Gasteiger partial charge in [0.25, 0.3) is 5.91 Å². The van der Waals surface area contributed by atoms with E-state index in [0.717, 1.165) is 54.0 Å². The number of carbonyl (C=O) groups excluding carboxylic acids is 1. The number of aromatic nitrogens is 2. The second-order valence-corrected chi connectivity index (χ2v) is 8.91. The SMILES string of the molecule is CC1(Cc2c(C(N)=O)nc3n2C2CC(C2)c2ccc(Br)cc2-3)COC1. The van der Waals surface area contributed by atoms with E-state index in [9.17, 15) is 4.79 Å². The molecule has 25 heavy (non-hydrogen) atoms. The smallest absolute Gasteiger partial charge is 0.269 e. The number of imidazole rings is 1. The third-order valence-corrected chi connectivity index (χ3v) is 6.41. The monoisotopic (exact) mass is 401 g/mol. The Labute approximate surface area is 154 Å². The van der Waals surface area contributed by atoms with E-state index >= 15 is 0 Å². The zero-order chi connectivity index (χ0) is 17.3. The number of carbonyl (C=O) groups is 1. The lowest BCUT2D eigenvalue weighted by Gasteiger charge is -2.40.